The van der Waals surface area contributed by atoms with Crippen LogP contribution in [-0.2, 0) is 16.0 Å². The summed E-state index contributed by atoms with van der Waals surface area (Å²) < 4.78 is 12.9. The van der Waals surface area contributed by atoms with E-state index in [1.54, 1.807) is 23.2 Å². The van der Waals surface area contributed by atoms with Gasteiger partial charge >= 0.3 is 5.97 Å². The van der Waals surface area contributed by atoms with Gasteiger partial charge in [0, 0.05) is 17.5 Å². The van der Waals surface area contributed by atoms with Gasteiger partial charge in [0.2, 0.25) is 5.91 Å². The first-order valence-corrected chi connectivity index (χ1v) is 8.79. The number of aromatic nitrogens is 1. The fraction of sp³-hybridized carbons (Fsp3) is 0.353. The predicted octanol–water partition coefficient (Wildman–Crippen LogP) is 2.36. The van der Waals surface area contributed by atoms with Crippen LogP contribution in [0.3, 0.4) is 0 Å². The van der Waals surface area contributed by atoms with E-state index in [9.17, 15) is 14.0 Å². The highest BCUT2D eigenvalue weighted by molar-refractivity contribution is 7.15. The minimum Gasteiger partial charge on any atom is -0.480 e. The Hall–Kier alpha value is -2.32. The van der Waals surface area contributed by atoms with E-state index in [1.165, 1.54) is 23.5 Å². The number of nitrogens with one attached hydrogen (secondary N) is 1. The Kier molecular flexibility index (Phi) is 5.40. The van der Waals surface area contributed by atoms with Crippen LogP contribution in [0.4, 0.5) is 9.52 Å². The van der Waals surface area contributed by atoms with Gasteiger partial charge in [0.05, 0.1) is 6.54 Å². The first-order chi connectivity index (χ1) is 12.0. The highest BCUT2D eigenvalue weighted by Crippen LogP contribution is 2.22. The molecule has 132 valence electrons. The average Bonchev–Trinajstić information content (AvgIpc) is 3.19. The molecule has 1 aromatic carbocycles. The van der Waals surface area contributed by atoms with Crippen LogP contribution in [0, 0.1) is 5.82 Å². The number of nitrogens with zero attached hydrogens (tertiary/aromatic N) is 2. The number of rotatable bonds is 6. The lowest BCUT2D eigenvalue weighted by Crippen LogP contribution is -2.40. The molecular formula is C17H18FN3O3S. The fourth-order valence-corrected chi connectivity index (χ4v) is 3.75. The monoisotopic (exact) mass is 363 g/mol. The number of carboxylic acid groups (broad SMARTS) is 1. The number of carbonyl (C=O) groups excluding carboxylic acids is 1. The fourth-order valence-electron chi connectivity index (χ4n) is 2.89. The molecular weight excluding hydrogens is 345 g/mol. The van der Waals surface area contributed by atoms with Gasteiger partial charge < -0.3 is 10.4 Å². The number of carbonyl (C=O) groups is 2. The molecule has 1 unspecified atom stereocenters. The van der Waals surface area contributed by atoms with E-state index in [0.717, 1.165) is 16.9 Å². The molecule has 1 fully saturated rings. The number of benzene rings is 1. The van der Waals surface area contributed by atoms with Gasteiger partial charge in [0.25, 0.3) is 0 Å². The maximum Gasteiger partial charge on any atom is 0.320 e. The summed E-state index contributed by atoms with van der Waals surface area (Å²) in [6.45, 7) is 0.655. The minimum absolute atomic E-state index is 0.0455. The quantitative estimate of drug-likeness (QED) is 0.823. The largest absolute Gasteiger partial charge is 0.480 e. The molecule has 0 bridgehead atoms. The van der Waals surface area contributed by atoms with Crippen LogP contribution in [0.1, 0.15) is 23.3 Å². The molecule has 0 spiro atoms. The van der Waals surface area contributed by atoms with Gasteiger partial charge in [-0.3, -0.25) is 14.5 Å². The summed E-state index contributed by atoms with van der Waals surface area (Å²) in [6.07, 6.45) is 3.64. The number of aliphatic carboxylic acids is 1. The number of hydrogen-bond acceptors (Lipinski definition) is 5. The summed E-state index contributed by atoms with van der Waals surface area (Å²) in [4.78, 5) is 30.1. The van der Waals surface area contributed by atoms with Gasteiger partial charge in [0.1, 0.15) is 11.9 Å². The van der Waals surface area contributed by atoms with Crippen molar-refractivity contribution in [1.82, 2.24) is 9.88 Å². The molecule has 3 rings (SSSR count). The van der Waals surface area contributed by atoms with Crippen LogP contribution < -0.4 is 5.32 Å². The molecule has 1 amide bonds. The molecule has 1 atom stereocenters. The number of halogens is 1. The van der Waals surface area contributed by atoms with Crippen LogP contribution in [0.5, 0.6) is 0 Å². The third kappa shape index (κ3) is 4.61. The van der Waals surface area contributed by atoms with Crippen LogP contribution >= 0.6 is 11.3 Å². The van der Waals surface area contributed by atoms with Gasteiger partial charge in [-0.15, -0.1) is 11.3 Å². The Morgan fingerprint density at radius 2 is 2.12 bits per heavy atom. The van der Waals surface area contributed by atoms with E-state index in [0.29, 0.717) is 24.5 Å². The lowest BCUT2D eigenvalue weighted by molar-refractivity contribution is -0.142. The van der Waals surface area contributed by atoms with Crippen molar-refractivity contribution in [2.75, 3.05) is 18.4 Å². The van der Waals surface area contributed by atoms with Crippen molar-refractivity contribution in [3.05, 3.63) is 46.7 Å². The molecule has 1 aromatic heterocycles. The van der Waals surface area contributed by atoms with Crippen molar-refractivity contribution >= 4 is 28.3 Å². The second-order valence-corrected chi connectivity index (χ2v) is 7.07. The number of carboxylic acids is 1. The van der Waals surface area contributed by atoms with Gasteiger partial charge in [-0.2, -0.15) is 0 Å². The SMILES string of the molecule is O=C(CN1CCCC1C(=O)O)Nc1ncc(Cc2ccc(F)cc2)s1. The molecule has 2 N–H and O–H groups in total. The van der Waals surface area contributed by atoms with Crippen molar-refractivity contribution < 1.29 is 19.1 Å². The van der Waals surface area contributed by atoms with Crippen molar-refractivity contribution in [3.8, 4) is 0 Å². The van der Waals surface area contributed by atoms with Crippen molar-refractivity contribution in [2.45, 2.75) is 25.3 Å². The van der Waals surface area contributed by atoms with E-state index in [-0.39, 0.29) is 18.3 Å². The molecule has 8 heteroatoms. The average molecular weight is 363 g/mol. The van der Waals surface area contributed by atoms with E-state index in [4.69, 9.17) is 5.11 Å². The lowest BCUT2D eigenvalue weighted by Gasteiger charge is -2.19. The molecule has 25 heavy (non-hydrogen) atoms. The zero-order valence-electron chi connectivity index (χ0n) is 13.4. The van der Waals surface area contributed by atoms with Gasteiger partial charge in [0.15, 0.2) is 5.13 Å². The predicted molar refractivity (Wildman–Crippen MR) is 92.2 cm³/mol. The molecule has 2 aromatic rings. The zero-order valence-corrected chi connectivity index (χ0v) is 14.3. The minimum atomic E-state index is -0.888. The first kappa shape index (κ1) is 17.5. The molecule has 6 nitrogen and oxygen atoms in total. The third-order valence-electron chi connectivity index (χ3n) is 4.09. The van der Waals surface area contributed by atoms with E-state index < -0.39 is 12.0 Å². The molecule has 0 saturated carbocycles. The molecule has 1 aliphatic rings. The second-order valence-electron chi connectivity index (χ2n) is 5.95. The molecule has 0 radical (unpaired) electrons. The Morgan fingerprint density at radius 1 is 1.36 bits per heavy atom. The van der Waals surface area contributed by atoms with E-state index in [2.05, 4.69) is 10.3 Å². The highest BCUT2D eigenvalue weighted by Gasteiger charge is 2.31. The maximum absolute atomic E-state index is 12.9. The normalized spacial score (nSPS) is 17.6. The summed E-state index contributed by atoms with van der Waals surface area (Å²) in [7, 11) is 0. The summed E-state index contributed by atoms with van der Waals surface area (Å²) in [5.74, 6) is -1.43. The smallest absolute Gasteiger partial charge is 0.320 e. The Balaban J connectivity index is 1.55. The molecule has 1 aliphatic heterocycles. The third-order valence-corrected chi connectivity index (χ3v) is 5.00. The topological polar surface area (TPSA) is 82.5 Å². The van der Waals surface area contributed by atoms with E-state index >= 15 is 0 Å². The standard InChI is InChI=1S/C17H18FN3O3S/c18-12-5-3-11(4-6-12)8-13-9-19-17(25-13)20-15(22)10-21-7-1-2-14(21)16(23)24/h3-6,9,14H,1-2,7-8,10H2,(H,23,24)(H,19,20,22). The van der Waals surface area contributed by atoms with Crippen LogP contribution in [-0.4, -0.2) is 46.0 Å². The van der Waals surface area contributed by atoms with Gasteiger partial charge in [-0.25, -0.2) is 9.37 Å². The number of amides is 1. The lowest BCUT2D eigenvalue weighted by atomic mass is 10.1. The highest BCUT2D eigenvalue weighted by atomic mass is 32.1. The number of anilines is 1. The number of likely N-dealkylation sites (tertiary alicyclic amines) is 1. The summed E-state index contributed by atoms with van der Waals surface area (Å²) in [5, 5.41) is 12.3. The Morgan fingerprint density at radius 3 is 2.84 bits per heavy atom. The van der Waals surface area contributed by atoms with E-state index in [1.807, 2.05) is 0 Å². The van der Waals surface area contributed by atoms with Gasteiger partial charge in [-0.05, 0) is 37.1 Å². The second kappa shape index (κ2) is 7.71. The van der Waals surface area contributed by atoms with Crippen molar-refractivity contribution in [2.24, 2.45) is 0 Å². The van der Waals surface area contributed by atoms with Crippen molar-refractivity contribution in [1.29, 1.82) is 0 Å². The summed E-state index contributed by atoms with van der Waals surface area (Å²) in [6, 6.07) is 5.66. The van der Waals surface area contributed by atoms with Crippen LogP contribution in [0.15, 0.2) is 30.5 Å². The van der Waals surface area contributed by atoms with Gasteiger partial charge in [-0.1, -0.05) is 12.1 Å². The number of thiazole rings is 1. The first-order valence-electron chi connectivity index (χ1n) is 7.97. The summed E-state index contributed by atoms with van der Waals surface area (Å²) >= 11 is 1.35. The van der Waals surface area contributed by atoms with Crippen LogP contribution in [0.25, 0.3) is 0 Å². The molecule has 2 heterocycles. The maximum atomic E-state index is 12.9. The summed E-state index contributed by atoms with van der Waals surface area (Å²) in [5.41, 5.74) is 0.962. The van der Waals surface area contributed by atoms with Crippen molar-refractivity contribution in [3.63, 3.8) is 0 Å². The molecule has 1 saturated heterocycles. The Bertz CT molecular complexity index is 763. The Labute approximate surface area is 148 Å². The van der Waals surface area contributed by atoms with Crippen LogP contribution in [0.2, 0.25) is 0 Å². The zero-order chi connectivity index (χ0) is 17.8. The molecule has 0 aliphatic carbocycles. The number of hydrogen-bond donors (Lipinski definition) is 2.